The molecule has 1 unspecified atom stereocenters. The van der Waals surface area contributed by atoms with Crippen LogP contribution in [0.2, 0.25) is 0 Å². The highest BCUT2D eigenvalue weighted by atomic mass is 32.2. The van der Waals surface area contributed by atoms with Crippen molar-refractivity contribution in [2.75, 3.05) is 13.1 Å². The minimum Gasteiger partial charge on any atom is -0.288 e. The third-order valence-corrected chi connectivity index (χ3v) is 2.19. The summed E-state index contributed by atoms with van der Waals surface area (Å²) in [5.74, 6) is -0.431. The molecule has 72 valence electrons. The molecule has 0 saturated carbocycles. The first kappa shape index (κ1) is 11.5. The number of hydrazine groups is 1. The van der Waals surface area contributed by atoms with Gasteiger partial charge in [-0.2, -0.15) is 4.41 Å². The molecular weight excluding hydrogens is 180 g/mol. The van der Waals surface area contributed by atoms with E-state index in [9.17, 15) is 9.00 Å². The highest BCUT2D eigenvalue weighted by molar-refractivity contribution is 7.77. The van der Waals surface area contributed by atoms with Crippen molar-refractivity contribution in [2.45, 2.75) is 20.8 Å². The molecule has 0 aliphatic heterocycles. The van der Waals surface area contributed by atoms with Crippen LogP contribution in [0.3, 0.4) is 0 Å². The van der Waals surface area contributed by atoms with Crippen LogP contribution < -0.4 is 0 Å². The fourth-order valence-corrected chi connectivity index (χ4v) is 1.54. The van der Waals surface area contributed by atoms with E-state index in [1.807, 2.05) is 13.8 Å². The maximum Gasteiger partial charge on any atom is 0.279 e. The van der Waals surface area contributed by atoms with Crippen molar-refractivity contribution >= 4 is 17.2 Å². The van der Waals surface area contributed by atoms with E-state index in [1.54, 1.807) is 0 Å². The molecule has 0 fully saturated rings. The van der Waals surface area contributed by atoms with Gasteiger partial charge in [-0.05, 0) is 0 Å². The Morgan fingerprint density at radius 3 is 1.92 bits per heavy atom. The van der Waals surface area contributed by atoms with Gasteiger partial charge in [0.2, 0.25) is 5.91 Å². The lowest BCUT2D eigenvalue weighted by Gasteiger charge is -2.27. The van der Waals surface area contributed by atoms with Crippen LogP contribution in [0.15, 0.2) is 0 Å². The third-order valence-electron chi connectivity index (χ3n) is 1.40. The molecule has 0 aromatic rings. The number of carbonyl (C=O) groups is 1. The second-order valence-electron chi connectivity index (χ2n) is 2.16. The lowest BCUT2D eigenvalue weighted by molar-refractivity contribution is -0.134. The van der Waals surface area contributed by atoms with Crippen LogP contribution in [0.1, 0.15) is 20.8 Å². The summed E-state index contributed by atoms with van der Waals surface area (Å²) in [4.78, 5) is 10.9. The average Bonchev–Trinajstić information content (AvgIpc) is 1.98. The van der Waals surface area contributed by atoms with Gasteiger partial charge in [-0.1, -0.05) is 13.8 Å². The lowest BCUT2D eigenvalue weighted by atomic mass is 10.6. The van der Waals surface area contributed by atoms with Crippen molar-refractivity contribution < 1.29 is 13.6 Å². The van der Waals surface area contributed by atoms with Crippen molar-refractivity contribution in [3.8, 4) is 0 Å². The van der Waals surface area contributed by atoms with Crippen LogP contribution in [-0.2, 0) is 16.1 Å². The van der Waals surface area contributed by atoms with E-state index in [2.05, 4.69) is 0 Å². The standard InChI is InChI=1S/C6H14N2O3S/c1-4-7(5-2)8(6(3)9)12(10)11/h4-5H2,1-3H3,(H,10,11). The van der Waals surface area contributed by atoms with Gasteiger partial charge < -0.3 is 0 Å². The molecule has 0 aliphatic carbocycles. The first-order valence-corrected chi connectivity index (χ1v) is 4.77. The molecule has 0 aromatic heterocycles. The van der Waals surface area contributed by atoms with E-state index in [-0.39, 0.29) is 0 Å². The van der Waals surface area contributed by atoms with Gasteiger partial charge in [0.15, 0.2) is 0 Å². The van der Waals surface area contributed by atoms with Gasteiger partial charge in [-0.3, -0.25) is 9.35 Å². The first-order chi connectivity index (χ1) is 5.54. The smallest absolute Gasteiger partial charge is 0.279 e. The average molecular weight is 194 g/mol. The fourth-order valence-electron chi connectivity index (χ4n) is 0.888. The summed E-state index contributed by atoms with van der Waals surface area (Å²) in [5.41, 5.74) is 0. The second-order valence-corrected chi connectivity index (χ2v) is 2.97. The highest BCUT2D eigenvalue weighted by Gasteiger charge is 2.20. The van der Waals surface area contributed by atoms with Crippen LogP contribution >= 0.6 is 0 Å². The zero-order valence-electron chi connectivity index (χ0n) is 7.48. The number of rotatable bonds is 4. The molecule has 0 spiro atoms. The van der Waals surface area contributed by atoms with Crippen molar-refractivity contribution in [3.63, 3.8) is 0 Å². The van der Waals surface area contributed by atoms with Crippen LogP contribution in [0, 0.1) is 0 Å². The fraction of sp³-hybridized carbons (Fsp3) is 0.833. The molecule has 0 radical (unpaired) electrons. The third kappa shape index (κ3) is 2.88. The quantitative estimate of drug-likeness (QED) is 0.514. The normalized spacial score (nSPS) is 13.1. The van der Waals surface area contributed by atoms with E-state index in [4.69, 9.17) is 4.55 Å². The SMILES string of the molecule is CCN(CC)N(C(C)=O)S(=O)O. The largest absolute Gasteiger partial charge is 0.288 e. The molecule has 1 amide bonds. The summed E-state index contributed by atoms with van der Waals surface area (Å²) < 4.78 is 20.3. The number of amides is 1. The Morgan fingerprint density at radius 1 is 1.42 bits per heavy atom. The number of carbonyl (C=O) groups excluding carboxylic acids is 1. The maximum atomic E-state index is 10.9. The zero-order valence-corrected chi connectivity index (χ0v) is 8.30. The minimum atomic E-state index is -2.25. The topological polar surface area (TPSA) is 60.9 Å². The van der Waals surface area contributed by atoms with Crippen LogP contribution in [0.25, 0.3) is 0 Å². The van der Waals surface area contributed by atoms with Crippen LogP contribution in [-0.4, -0.2) is 37.2 Å². The van der Waals surface area contributed by atoms with Crippen molar-refractivity contribution in [1.29, 1.82) is 0 Å². The van der Waals surface area contributed by atoms with E-state index < -0.39 is 17.2 Å². The Bertz CT molecular complexity index is 168. The summed E-state index contributed by atoms with van der Waals surface area (Å²) in [6.45, 7) is 5.94. The van der Waals surface area contributed by atoms with Gasteiger partial charge in [-0.25, -0.2) is 9.22 Å². The number of hydrogen-bond donors (Lipinski definition) is 1. The minimum absolute atomic E-state index is 0.431. The summed E-state index contributed by atoms with van der Waals surface area (Å²) in [7, 11) is 0. The molecule has 0 bridgehead atoms. The summed E-state index contributed by atoms with van der Waals surface area (Å²) >= 11 is -2.25. The molecule has 6 heteroatoms. The molecule has 1 N–H and O–H groups in total. The molecular formula is C6H14N2O3S. The molecule has 12 heavy (non-hydrogen) atoms. The second kappa shape index (κ2) is 5.23. The molecule has 0 rings (SSSR count). The van der Waals surface area contributed by atoms with Gasteiger partial charge in [-0.15, -0.1) is 0 Å². The van der Waals surface area contributed by atoms with Crippen LogP contribution in [0.4, 0.5) is 0 Å². The molecule has 0 aromatic carbocycles. The van der Waals surface area contributed by atoms with Gasteiger partial charge in [0.1, 0.15) is 0 Å². The van der Waals surface area contributed by atoms with Gasteiger partial charge >= 0.3 is 0 Å². The Kier molecular flexibility index (Phi) is 5.03. The Balaban J connectivity index is 4.47. The van der Waals surface area contributed by atoms with Crippen molar-refractivity contribution in [1.82, 2.24) is 9.42 Å². The predicted molar refractivity (Wildman–Crippen MR) is 46.2 cm³/mol. The maximum absolute atomic E-state index is 10.9. The number of nitrogens with zero attached hydrogens (tertiary/aromatic N) is 2. The van der Waals surface area contributed by atoms with Crippen molar-refractivity contribution in [2.24, 2.45) is 0 Å². The molecule has 5 nitrogen and oxygen atoms in total. The monoisotopic (exact) mass is 194 g/mol. The number of hydrogen-bond acceptors (Lipinski definition) is 3. The van der Waals surface area contributed by atoms with Gasteiger partial charge in [0.25, 0.3) is 11.3 Å². The highest BCUT2D eigenvalue weighted by Crippen LogP contribution is 2.00. The summed E-state index contributed by atoms with van der Waals surface area (Å²) in [6, 6.07) is 0. The van der Waals surface area contributed by atoms with E-state index >= 15 is 0 Å². The van der Waals surface area contributed by atoms with E-state index in [0.29, 0.717) is 13.1 Å². The molecule has 1 atom stereocenters. The van der Waals surface area contributed by atoms with Crippen molar-refractivity contribution in [3.05, 3.63) is 0 Å². The van der Waals surface area contributed by atoms with E-state index in [1.165, 1.54) is 11.9 Å². The van der Waals surface area contributed by atoms with Gasteiger partial charge in [0, 0.05) is 20.0 Å². The van der Waals surface area contributed by atoms with E-state index in [0.717, 1.165) is 4.41 Å². The lowest BCUT2D eigenvalue weighted by Crippen LogP contribution is -2.46. The van der Waals surface area contributed by atoms with Crippen LogP contribution in [0.5, 0.6) is 0 Å². The zero-order chi connectivity index (χ0) is 9.72. The molecule has 0 heterocycles. The Labute approximate surface area is 74.7 Å². The Morgan fingerprint density at radius 2 is 1.83 bits per heavy atom. The molecule has 0 saturated heterocycles. The predicted octanol–water partition coefficient (Wildman–Crippen LogP) is 0.228. The van der Waals surface area contributed by atoms with Gasteiger partial charge in [0.05, 0.1) is 0 Å². The summed E-state index contributed by atoms with van der Waals surface area (Å²) in [6.07, 6.45) is 0. The Hall–Kier alpha value is -0.460. The summed E-state index contributed by atoms with van der Waals surface area (Å²) in [5, 5.41) is 1.50. The first-order valence-electron chi connectivity index (χ1n) is 3.71. The molecule has 0 aliphatic rings.